The van der Waals surface area contributed by atoms with Crippen LogP contribution >= 0.6 is 0 Å². The summed E-state index contributed by atoms with van der Waals surface area (Å²) in [6, 6.07) is 4.86. The van der Waals surface area contributed by atoms with E-state index in [9.17, 15) is 14.4 Å². The van der Waals surface area contributed by atoms with Crippen molar-refractivity contribution < 1.29 is 23.9 Å². The first kappa shape index (κ1) is 20.9. The second kappa shape index (κ2) is 9.60. The second-order valence-electron chi connectivity index (χ2n) is 7.44. The Morgan fingerprint density at radius 2 is 1.90 bits per heavy atom. The van der Waals surface area contributed by atoms with Crippen molar-refractivity contribution in [2.24, 2.45) is 5.92 Å². The van der Waals surface area contributed by atoms with Gasteiger partial charge < -0.3 is 20.1 Å². The van der Waals surface area contributed by atoms with Gasteiger partial charge in [0.1, 0.15) is 0 Å². The third-order valence-corrected chi connectivity index (χ3v) is 5.21. The lowest BCUT2D eigenvalue weighted by atomic mass is 9.96. The number of likely N-dealkylation sites (tertiary alicyclic amines) is 1. The lowest BCUT2D eigenvalue weighted by Gasteiger charge is -2.30. The van der Waals surface area contributed by atoms with Crippen LogP contribution in [0, 0.1) is 5.92 Å². The van der Waals surface area contributed by atoms with Gasteiger partial charge in [0.05, 0.1) is 6.54 Å². The summed E-state index contributed by atoms with van der Waals surface area (Å²) in [6.07, 6.45) is 2.11. The monoisotopic (exact) mass is 404 g/mol. The van der Waals surface area contributed by atoms with Crippen LogP contribution in [-0.4, -0.2) is 55.2 Å². The topological polar surface area (TPSA) is 109 Å². The molecule has 0 bridgehead atoms. The molecular formula is C20H28N4O5. The number of carbonyl (C=O) groups excluding carboxylic acids is 3. The fourth-order valence-electron chi connectivity index (χ4n) is 3.30. The lowest BCUT2D eigenvalue weighted by molar-refractivity contribution is -0.122. The van der Waals surface area contributed by atoms with Crippen LogP contribution in [0.4, 0.5) is 10.5 Å². The van der Waals surface area contributed by atoms with Gasteiger partial charge in [-0.1, -0.05) is 6.92 Å². The molecule has 0 spiro atoms. The highest BCUT2D eigenvalue weighted by Gasteiger charge is 2.26. The third-order valence-electron chi connectivity index (χ3n) is 5.21. The first-order valence-corrected chi connectivity index (χ1v) is 9.97. The summed E-state index contributed by atoms with van der Waals surface area (Å²) in [7, 11) is 0. The van der Waals surface area contributed by atoms with E-state index in [1.54, 1.807) is 18.2 Å². The fourth-order valence-corrected chi connectivity index (χ4v) is 3.30. The van der Waals surface area contributed by atoms with Gasteiger partial charge in [0.15, 0.2) is 11.5 Å². The molecule has 1 aromatic carbocycles. The summed E-state index contributed by atoms with van der Waals surface area (Å²) in [6.45, 7) is 5.42. The number of amides is 4. The van der Waals surface area contributed by atoms with E-state index in [4.69, 9.17) is 9.47 Å². The van der Waals surface area contributed by atoms with E-state index in [0.29, 0.717) is 43.1 Å². The Labute approximate surface area is 170 Å². The molecule has 1 fully saturated rings. The minimum atomic E-state index is -0.470. The van der Waals surface area contributed by atoms with Crippen LogP contribution in [0.15, 0.2) is 18.2 Å². The van der Waals surface area contributed by atoms with Crippen LogP contribution in [0.25, 0.3) is 0 Å². The molecule has 1 aromatic rings. The number of hydrogen-bond acceptors (Lipinski definition) is 6. The molecule has 0 aromatic heterocycles. The maximum absolute atomic E-state index is 12.5. The van der Waals surface area contributed by atoms with Gasteiger partial charge in [0, 0.05) is 23.7 Å². The summed E-state index contributed by atoms with van der Waals surface area (Å²) in [5.41, 5.74) is 0.674. The number of piperidine rings is 1. The Balaban J connectivity index is 1.40. The minimum absolute atomic E-state index is 0.0156. The molecule has 2 heterocycles. The van der Waals surface area contributed by atoms with Crippen molar-refractivity contribution in [1.82, 2.24) is 15.5 Å². The van der Waals surface area contributed by atoms with Gasteiger partial charge in [-0.25, -0.2) is 4.79 Å². The number of nitrogens with zero attached hydrogens (tertiary/aromatic N) is 1. The Kier molecular flexibility index (Phi) is 6.92. The number of nitrogens with one attached hydrogen (secondary N) is 3. The van der Waals surface area contributed by atoms with Crippen molar-refractivity contribution in [1.29, 1.82) is 0 Å². The number of hydrogen-bond donors (Lipinski definition) is 3. The highest BCUT2D eigenvalue weighted by Crippen LogP contribution is 2.34. The Hall–Kier alpha value is -2.81. The van der Waals surface area contributed by atoms with Crippen molar-refractivity contribution in [3.8, 4) is 11.5 Å². The molecule has 3 rings (SSSR count). The quantitative estimate of drug-likeness (QED) is 0.666. The summed E-state index contributed by atoms with van der Waals surface area (Å²) in [5.74, 6) is 0.803. The van der Waals surface area contributed by atoms with Crippen molar-refractivity contribution in [2.75, 3.05) is 31.7 Å². The van der Waals surface area contributed by atoms with Gasteiger partial charge in [-0.2, -0.15) is 0 Å². The lowest BCUT2D eigenvalue weighted by Crippen LogP contribution is -2.48. The van der Waals surface area contributed by atoms with Crippen LogP contribution in [-0.2, 0) is 9.59 Å². The number of anilines is 1. The van der Waals surface area contributed by atoms with E-state index in [-0.39, 0.29) is 37.1 Å². The summed E-state index contributed by atoms with van der Waals surface area (Å²) < 4.78 is 10.6. The molecule has 1 atom stereocenters. The van der Waals surface area contributed by atoms with E-state index in [1.807, 2.05) is 18.7 Å². The second-order valence-corrected chi connectivity index (χ2v) is 7.44. The SMILES string of the molecule is CC[C@H](C)NC(=O)NC(=O)CN1CCC(C(=O)Nc2ccc3c(c2)OCO3)CC1. The molecule has 0 aliphatic carbocycles. The van der Waals surface area contributed by atoms with Gasteiger partial charge in [-0.3, -0.25) is 19.8 Å². The number of carbonyl (C=O) groups is 3. The van der Waals surface area contributed by atoms with Crippen LogP contribution < -0.4 is 25.4 Å². The van der Waals surface area contributed by atoms with Crippen LogP contribution in [0.1, 0.15) is 33.1 Å². The minimum Gasteiger partial charge on any atom is -0.454 e. The summed E-state index contributed by atoms with van der Waals surface area (Å²) in [5, 5.41) is 7.97. The van der Waals surface area contributed by atoms with Crippen molar-refractivity contribution in [3.63, 3.8) is 0 Å². The Morgan fingerprint density at radius 1 is 1.17 bits per heavy atom. The highest BCUT2D eigenvalue weighted by molar-refractivity contribution is 5.95. The Bertz CT molecular complexity index is 761. The standard InChI is InChI=1S/C20H28N4O5/c1-3-13(2)21-20(27)23-18(25)11-24-8-6-14(7-9-24)19(26)22-15-4-5-16-17(10-15)29-12-28-16/h4-5,10,13-14H,3,6-9,11-12H2,1-2H3,(H,22,26)(H2,21,23,25,27)/t13-/m0/s1. The number of fused-ring (bicyclic) bond motifs is 1. The number of urea groups is 1. The molecule has 9 nitrogen and oxygen atoms in total. The van der Waals surface area contributed by atoms with Crippen molar-refractivity contribution in [2.45, 2.75) is 39.2 Å². The molecule has 0 saturated carbocycles. The molecular weight excluding hydrogens is 376 g/mol. The largest absolute Gasteiger partial charge is 0.454 e. The van der Waals surface area contributed by atoms with Crippen molar-refractivity contribution in [3.05, 3.63) is 18.2 Å². The predicted octanol–water partition coefficient (Wildman–Crippen LogP) is 1.69. The van der Waals surface area contributed by atoms with Gasteiger partial charge >= 0.3 is 6.03 Å². The normalized spacial score (nSPS) is 17.4. The predicted molar refractivity (Wildman–Crippen MR) is 107 cm³/mol. The van der Waals surface area contributed by atoms with E-state index in [2.05, 4.69) is 16.0 Å². The highest BCUT2D eigenvalue weighted by atomic mass is 16.7. The molecule has 9 heteroatoms. The van der Waals surface area contributed by atoms with E-state index < -0.39 is 6.03 Å². The average molecular weight is 404 g/mol. The van der Waals surface area contributed by atoms with Crippen LogP contribution in [0.5, 0.6) is 11.5 Å². The maximum Gasteiger partial charge on any atom is 0.321 e. The van der Waals surface area contributed by atoms with Gasteiger partial charge in [0.2, 0.25) is 18.6 Å². The molecule has 4 amide bonds. The molecule has 1 saturated heterocycles. The number of ether oxygens (including phenoxy) is 2. The van der Waals surface area contributed by atoms with Crippen molar-refractivity contribution >= 4 is 23.5 Å². The zero-order valence-corrected chi connectivity index (χ0v) is 16.8. The zero-order chi connectivity index (χ0) is 20.8. The summed E-state index contributed by atoms with van der Waals surface area (Å²) in [4.78, 5) is 38.2. The molecule has 0 radical (unpaired) electrons. The fraction of sp³-hybridized carbons (Fsp3) is 0.550. The zero-order valence-electron chi connectivity index (χ0n) is 16.8. The molecule has 2 aliphatic heterocycles. The number of imide groups is 1. The number of benzene rings is 1. The van der Waals surface area contributed by atoms with Crippen LogP contribution in [0.2, 0.25) is 0 Å². The molecule has 2 aliphatic rings. The van der Waals surface area contributed by atoms with E-state index in [1.165, 1.54) is 0 Å². The molecule has 29 heavy (non-hydrogen) atoms. The number of rotatable bonds is 6. The molecule has 158 valence electrons. The summed E-state index contributed by atoms with van der Waals surface area (Å²) >= 11 is 0. The van der Waals surface area contributed by atoms with E-state index >= 15 is 0 Å². The Morgan fingerprint density at radius 3 is 2.62 bits per heavy atom. The van der Waals surface area contributed by atoms with Gasteiger partial charge in [0.25, 0.3) is 0 Å². The van der Waals surface area contributed by atoms with E-state index in [0.717, 1.165) is 6.42 Å². The van der Waals surface area contributed by atoms with Crippen LogP contribution in [0.3, 0.4) is 0 Å². The first-order valence-electron chi connectivity index (χ1n) is 9.97. The molecule has 0 unspecified atom stereocenters. The third kappa shape index (κ3) is 5.83. The smallest absolute Gasteiger partial charge is 0.321 e. The molecule has 3 N–H and O–H groups in total. The van der Waals surface area contributed by atoms with Gasteiger partial charge in [-0.15, -0.1) is 0 Å². The first-order chi connectivity index (χ1) is 13.9. The average Bonchev–Trinajstić information content (AvgIpc) is 3.16. The maximum atomic E-state index is 12.5. The van der Waals surface area contributed by atoms with Gasteiger partial charge in [-0.05, 0) is 51.4 Å².